The second-order valence-corrected chi connectivity index (χ2v) is 4.47. The Labute approximate surface area is 109 Å². The molecule has 1 aromatic carbocycles. The van der Waals surface area contributed by atoms with Gasteiger partial charge in [0, 0.05) is 25.6 Å². The average molecular weight is 264 g/mol. The van der Waals surface area contributed by atoms with E-state index < -0.39 is 4.92 Å². The second-order valence-electron chi connectivity index (χ2n) is 3.32. The maximum absolute atomic E-state index is 10.8. The number of thioether (sulfide) groups is 1. The molecule has 0 bridgehead atoms. The van der Waals surface area contributed by atoms with Crippen LogP contribution in [0, 0.1) is 22.0 Å². The Kier molecular flexibility index (Phi) is 5.21. The number of carbonyl (C=O) groups excluding carboxylic acids is 1. The van der Waals surface area contributed by atoms with Crippen LogP contribution in [0.5, 0.6) is 0 Å². The molecule has 0 atom stereocenters. The van der Waals surface area contributed by atoms with Crippen LogP contribution in [0.15, 0.2) is 18.2 Å². The van der Waals surface area contributed by atoms with Crippen LogP contribution in [0.2, 0.25) is 0 Å². The third kappa shape index (κ3) is 4.11. The lowest BCUT2D eigenvalue weighted by atomic mass is 10.2. The first kappa shape index (κ1) is 14.1. The summed E-state index contributed by atoms with van der Waals surface area (Å²) in [5, 5.41) is 13.6. The summed E-state index contributed by atoms with van der Waals surface area (Å²) < 4.78 is 0. The molecule has 0 saturated heterocycles. The number of hydrogen-bond acceptors (Lipinski definition) is 5. The Morgan fingerprint density at radius 2 is 2.28 bits per heavy atom. The zero-order valence-corrected chi connectivity index (χ0v) is 10.8. The van der Waals surface area contributed by atoms with E-state index in [2.05, 4.69) is 17.2 Å². The fourth-order valence-corrected chi connectivity index (χ4v) is 1.60. The predicted molar refractivity (Wildman–Crippen MR) is 72.7 cm³/mol. The summed E-state index contributed by atoms with van der Waals surface area (Å²) in [5.74, 6) is 5.96. The van der Waals surface area contributed by atoms with Crippen molar-refractivity contribution in [1.82, 2.24) is 0 Å². The van der Waals surface area contributed by atoms with E-state index in [1.807, 2.05) is 0 Å². The molecule has 0 aliphatic heterocycles. The summed E-state index contributed by atoms with van der Waals surface area (Å²) in [5.41, 5.74) is 0.997. The Balaban J connectivity index is 2.88. The molecule has 0 heterocycles. The SMILES string of the molecule is CNc1ccc(C#CCSC(C)=O)cc1[N+](=O)[O-]. The van der Waals surface area contributed by atoms with E-state index in [-0.39, 0.29) is 10.8 Å². The first-order chi connectivity index (χ1) is 8.54. The zero-order chi connectivity index (χ0) is 13.5. The van der Waals surface area contributed by atoms with Crippen LogP contribution >= 0.6 is 11.8 Å². The van der Waals surface area contributed by atoms with Gasteiger partial charge in [-0.05, 0) is 12.1 Å². The minimum Gasteiger partial charge on any atom is -0.383 e. The number of nitrogens with zero attached hydrogens (tertiary/aromatic N) is 1. The third-order valence-electron chi connectivity index (χ3n) is 2.04. The van der Waals surface area contributed by atoms with Gasteiger partial charge in [0.05, 0.1) is 10.7 Å². The monoisotopic (exact) mass is 264 g/mol. The van der Waals surface area contributed by atoms with Gasteiger partial charge in [0.15, 0.2) is 5.12 Å². The highest BCUT2D eigenvalue weighted by atomic mass is 32.2. The van der Waals surface area contributed by atoms with E-state index in [9.17, 15) is 14.9 Å². The van der Waals surface area contributed by atoms with Gasteiger partial charge in [-0.25, -0.2) is 0 Å². The topological polar surface area (TPSA) is 72.2 Å². The molecule has 1 rings (SSSR count). The summed E-state index contributed by atoms with van der Waals surface area (Å²) in [7, 11) is 1.62. The number of benzene rings is 1. The summed E-state index contributed by atoms with van der Waals surface area (Å²) in [6.45, 7) is 1.47. The van der Waals surface area contributed by atoms with Crippen molar-refractivity contribution in [2.75, 3.05) is 18.1 Å². The molecule has 0 saturated carbocycles. The van der Waals surface area contributed by atoms with E-state index >= 15 is 0 Å². The lowest BCUT2D eigenvalue weighted by molar-refractivity contribution is -0.384. The molecule has 1 N–H and O–H groups in total. The molecule has 0 aliphatic carbocycles. The molecule has 0 aliphatic rings. The van der Waals surface area contributed by atoms with Crippen molar-refractivity contribution in [3.63, 3.8) is 0 Å². The maximum Gasteiger partial charge on any atom is 0.293 e. The van der Waals surface area contributed by atoms with Crippen molar-refractivity contribution in [1.29, 1.82) is 0 Å². The molecule has 5 nitrogen and oxygen atoms in total. The summed E-state index contributed by atoms with van der Waals surface area (Å²) in [6.07, 6.45) is 0. The Morgan fingerprint density at radius 1 is 1.56 bits per heavy atom. The van der Waals surface area contributed by atoms with E-state index in [1.54, 1.807) is 19.2 Å². The van der Waals surface area contributed by atoms with Gasteiger partial charge in [-0.1, -0.05) is 23.6 Å². The molecular formula is C12H12N2O3S. The second kappa shape index (κ2) is 6.67. The van der Waals surface area contributed by atoms with Gasteiger partial charge < -0.3 is 5.32 Å². The van der Waals surface area contributed by atoms with Gasteiger partial charge in [0.2, 0.25) is 0 Å². The Hall–Kier alpha value is -2.00. The van der Waals surface area contributed by atoms with Crippen molar-refractivity contribution in [3.8, 4) is 11.8 Å². The number of nitro groups is 1. The number of nitrogens with one attached hydrogen (secondary N) is 1. The minimum atomic E-state index is -0.457. The number of anilines is 1. The quantitative estimate of drug-likeness (QED) is 0.515. The predicted octanol–water partition coefficient (Wildman–Crippen LogP) is 2.27. The minimum absolute atomic E-state index is 0.000751. The van der Waals surface area contributed by atoms with Crippen molar-refractivity contribution in [2.24, 2.45) is 0 Å². The Morgan fingerprint density at radius 3 is 2.83 bits per heavy atom. The maximum atomic E-state index is 10.8. The normalized spacial score (nSPS) is 9.22. The van der Waals surface area contributed by atoms with E-state index in [1.165, 1.54) is 13.0 Å². The Bertz CT molecular complexity index is 532. The number of rotatable bonds is 3. The molecule has 0 fully saturated rings. The third-order valence-corrected chi connectivity index (χ3v) is 2.74. The lowest BCUT2D eigenvalue weighted by Gasteiger charge is -2.01. The van der Waals surface area contributed by atoms with Gasteiger partial charge in [0.1, 0.15) is 5.69 Å². The molecule has 0 amide bonds. The molecule has 0 radical (unpaired) electrons. The molecule has 0 spiro atoms. The lowest BCUT2D eigenvalue weighted by Crippen LogP contribution is -1.96. The van der Waals surface area contributed by atoms with Crippen molar-refractivity contribution >= 4 is 28.3 Å². The average Bonchev–Trinajstić information content (AvgIpc) is 2.34. The molecule has 6 heteroatoms. The van der Waals surface area contributed by atoms with Gasteiger partial charge in [-0.15, -0.1) is 0 Å². The van der Waals surface area contributed by atoms with Gasteiger partial charge in [0.25, 0.3) is 5.69 Å². The first-order valence-corrected chi connectivity index (χ1v) is 6.11. The summed E-state index contributed by atoms with van der Waals surface area (Å²) in [6, 6.07) is 4.72. The van der Waals surface area contributed by atoms with Crippen LogP contribution in [0.4, 0.5) is 11.4 Å². The van der Waals surface area contributed by atoms with E-state index in [4.69, 9.17) is 0 Å². The standard InChI is InChI=1S/C12H12N2O3S/c1-9(15)18-7-3-4-10-5-6-11(13-2)12(8-10)14(16)17/h5-6,8,13H,7H2,1-2H3. The zero-order valence-electron chi connectivity index (χ0n) is 10.0. The molecular weight excluding hydrogens is 252 g/mol. The number of carbonyl (C=O) groups is 1. The van der Waals surface area contributed by atoms with Crippen LogP contribution < -0.4 is 5.32 Å². The van der Waals surface area contributed by atoms with Gasteiger partial charge >= 0.3 is 0 Å². The fraction of sp³-hybridized carbons (Fsp3) is 0.250. The van der Waals surface area contributed by atoms with Crippen molar-refractivity contribution in [2.45, 2.75) is 6.92 Å². The van der Waals surface area contributed by atoms with E-state index in [0.29, 0.717) is 17.0 Å². The van der Waals surface area contributed by atoms with Gasteiger partial charge in [-0.2, -0.15) is 0 Å². The molecule has 0 unspecified atom stereocenters. The summed E-state index contributed by atoms with van der Waals surface area (Å²) >= 11 is 1.11. The van der Waals surface area contributed by atoms with Crippen LogP contribution in [0.3, 0.4) is 0 Å². The van der Waals surface area contributed by atoms with Crippen LogP contribution in [0.25, 0.3) is 0 Å². The molecule has 94 valence electrons. The summed E-state index contributed by atoms with van der Waals surface area (Å²) in [4.78, 5) is 21.0. The molecule has 18 heavy (non-hydrogen) atoms. The van der Waals surface area contributed by atoms with E-state index in [0.717, 1.165) is 11.8 Å². The highest BCUT2D eigenvalue weighted by Crippen LogP contribution is 2.24. The van der Waals surface area contributed by atoms with Crippen LogP contribution in [-0.4, -0.2) is 22.8 Å². The first-order valence-electron chi connectivity index (χ1n) is 5.13. The van der Waals surface area contributed by atoms with Crippen LogP contribution in [-0.2, 0) is 4.79 Å². The largest absolute Gasteiger partial charge is 0.383 e. The smallest absolute Gasteiger partial charge is 0.293 e. The van der Waals surface area contributed by atoms with Crippen molar-refractivity contribution in [3.05, 3.63) is 33.9 Å². The number of hydrogen-bond donors (Lipinski definition) is 1. The molecule has 1 aromatic rings. The number of nitro benzene ring substituents is 1. The van der Waals surface area contributed by atoms with Gasteiger partial charge in [-0.3, -0.25) is 14.9 Å². The fourth-order valence-electron chi connectivity index (χ4n) is 1.25. The van der Waals surface area contributed by atoms with Crippen molar-refractivity contribution < 1.29 is 9.72 Å². The highest BCUT2D eigenvalue weighted by molar-refractivity contribution is 8.13. The highest BCUT2D eigenvalue weighted by Gasteiger charge is 2.12. The molecule has 0 aromatic heterocycles. The van der Waals surface area contributed by atoms with Crippen LogP contribution in [0.1, 0.15) is 12.5 Å².